The molecule has 0 unspecified atom stereocenters. The highest BCUT2D eigenvalue weighted by Crippen LogP contribution is 2.14. The van der Waals surface area contributed by atoms with Crippen LogP contribution in [0, 0.1) is 0 Å². The minimum Gasteiger partial charge on any atom is -0.393 e. The summed E-state index contributed by atoms with van der Waals surface area (Å²) in [5.74, 6) is 0. The van der Waals surface area contributed by atoms with Crippen LogP contribution in [-0.2, 0) is 0 Å². The van der Waals surface area contributed by atoms with Crippen molar-refractivity contribution in [3.63, 3.8) is 0 Å². The zero-order chi connectivity index (χ0) is 15.9. The SMILES string of the molecule is CCCCCCCCCCCCCCCN1CCC(O)CC1. The van der Waals surface area contributed by atoms with Crippen LogP contribution in [-0.4, -0.2) is 35.7 Å². The van der Waals surface area contributed by atoms with Crippen LogP contribution >= 0.6 is 0 Å². The van der Waals surface area contributed by atoms with Gasteiger partial charge in [-0.3, -0.25) is 0 Å². The predicted molar refractivity (Wildman–Crippen MR) is 97.4 cm³/mol. The van der Waals surface area contributed by atoms with Gasteiger partial charge in [-0.05, 0) is 25.8 Å². The maximum absolute atomic E-state index is 9.48. The summed E-state index contributed by atoms with van der Waals surface area (Å²) in [6, 6.07) is 0. The van der Waals surface area contributed by atoms with Gasteiger partial charge >= 0.3 is 0 Å². The van der Waals surface area contributed by atoms with Crippen molar-refractivity contribution in [2.45, 2.75) is 109 Å². The van der Waals surface area contributed by atoms with Crippen molar-refractivity contribution in [2.75, 3.05) is 19.6 Å². The molecule has 0 amide bonds. The molecule has 132 valence electrons. The van der Waals surface area contributed by atoms with E-state index < -0.39 is 0 Å². The number of piperidine rings is 1. The molecule has 1 rings (SSSR count). The van der Waals surface area contributed by atoms with Gasteiger partial charge in [-0.2, -0.15) is 0 Å². The minimum absolute atomic E-state index is 0.0251. The van der Waals surface area contributed by atoms with E-state index in [0.29, 0.717) is 0 Å². The number of nitrogens with zero attached hydrogens (tertiary/aromatic N) is 1. The van der Waals surface area contributed by atoms with Crippen molar-refractivity contribution in [2.24, 2.45) is 0 Å². The van der Waals surface area contributed by atoms with Crippen LogP contribution in [0.25, 0.3) is 0 Å². The lowest BCUT2D eigenvalue weighted by molar-refractivity contribution is 0.0817. The third-order valence-corrected chi connectivity index (χ3v) is 5.13. The van der Waals surface area contributed by atoms with Gasteiger partial charge in [-0.25, -0.2) is 0 Å². The molecule has 0 atom stereocenters. The maximum Gasteiger partial charge on any atom is 0.0564 e. The Morgan fingerprint density at radius 3 is 1.55 bits per heavy atom. The average molecular weight is 312 g/mol. The summed E-state index contributed by atoms with van der Waals surface area (Å²) >= 11 is 0. The van der Waals surface area contributed by atoms with E-state index in [1.165, 1.54) is 90.0 Å². The second kappa shape index (κ2) is 14.5. The molecule has 1 aliphatic heterocycles. The first kappa shape index (κ1) is 20.0. The van der Waals surface area contributed by atoms with Crippen LogP contribution < -0.4 is 0 Å². The summed E-state index contributed by atoms with van der Waals surface area (Å²) in [4.78, 5) is 2.53. The summed E-state index contributed by atoms with van der Waals surface area (Å²) in [6.45, 7) is 5.76. The lowest BCUT2D eigenvalue weighted by atomic mass is 10.0. The molecule has 1 fully saturated rings. The summed E-state index contributed by atoms with van der Waals surface area (Å²) in [5.41, 5.74) is 0. The van der Waals surface area contributed by atoms with E-state index in [4.69, 9.17) is 0 Å². The molecule has 2 nitrogen and oxygen atoms in total. The van der Waals surface area contributed by atoms with Gasteiger partial charge in [-0.1, -0.05) is 84.0 Å². The third kappa shape index (κ3) is 11.5. The van der Waals surface area contributed by atoms with Gasteiger partial charge in [0.05, 0.1) is 6.10 Å². The molecule has 0 spiro atoms. The van der Waals surface area contributed by atoms with Crippen molar-refractivity contribution in [3.05, 3.63) is 0 Å². The largest absolute Gasteiger partial charge is 0.393 e. The average Bonchev–Trinajstić information content (AvgIpc) is 2.53. The molecule has 0 aliphatic carbocycles. The maximum atomic E-state index is 9.48. The Morgan fingerprint density at radius 2 is 1.09 bits per heavy atom. The smallest absolute Gasteiger partial charge is 0.0564 e. The van der Waals surface area contributed by atoms with Gasteiger partial charge in [0.1, 0.15) is 0 Å². The van der Waals surface area contributed by atoms with E-state index in [-0.39, 0.29) is 6.10 Å². The van der Waals surface area contributed by atoms with E-state index in [9.17, 15) is 5.11 Å². The van der Waals surface area contributed by atoms with E-state index in [2.05, 4.69) is 11.8 Å². The highest BCUT2D eigenvalue weighted by Gasteiger charge is 2.15. The predicted octanol–water partition coefficient (Wildman–Crippen LogP) is 5.53. The second-order valence-electron chi connectivity index (χ2n) is 7.32. The fourth-order valence-electron chi connectivity index (χ4n) is 3.50. The number of unbranched alkanes of at least 4 members (excludes halogenated alkanes) is 12. The van der Waals surface area contributed by atoms with Crippen molar-refractivity contribution >= 4 is 0 Å². The third-order valence-electron chi connectivity index (χ3n) is 5.13. The number of hydrogen-bond acceptors (Lipinski definition) is 2. The van der Waals surface area contributed by atoms with Crippen LogP contribution in [0.5, 0.6) is 0 Å². The van der Waals surface area contributed by atoms with Crippen LogP contribution in [0.1, 0.15) is 103 Å². The number of aliphatic hydroxyl groups is 1. The molecule has 0 aromatic heterocycles. The fourth-order valence-corrected chi connectivity index (χ4v) is 3.50. The zero-order valence-electron chi connectivity index (χ0n) is 15.2. The molecule has 22 heavy (non-hydrogen) atoms. The lowest BCUT2D eigenvalue weighted by Gasteiger charge is -2.29. The molecular formula is C20H41NO. The Kier molecular flexibility index (Phi) is 13.2. The van der Waals surface area contributed by atoms with Gasteiger partial charge in [0.25, 0.3) is 0 Å². The van der Waals surface area contributed by atoms with Gasteiger partial charge in [0, 0.05) is 13.1 Å². The Balaban J connectivity index is 1.71. The van der Waals surface area contributed by atoms with Crippen molar-refractivity contribution < 1.29 is 5.11 Å². The lowest BCUT2D eigenvalue weighted by Crippen LogP contribution is -2.36. The molecule has 0 radical (unpaired) electrons. The molecule has 1 N–H and O–H groups in total. The fraction of sp³-hybridized carbons (Fsp3) is 1.00. The molecular weight excluding hydrogens is 270 g/mol. The normalized spacial score (nSPS) is 17.2. The summed E-state index contributed by atoms with van der Waals surface area (Å²) in [7, 11) is 0. The van der Waals surface area contributed by atoms with Crippen LogP contribution in [0.2, 0.25) is 0 Å². The Bertz CT molecular complexity index is 224. The number of aliphatic hydroxyl groups excluding tert-OH is 1. The topological polar surface area (TPSA) is 23.5 Å². The van der Waals surface area contributed by atoms with Crippen molar-refractivity contribution in [1.29, 1.82) is 0 Å². The molecule has 2 heteroatoms. The van der Waals surface area contributed by atoms with E-state index >= 15 is 0 Å². The van der Waals surface area contributed by atoms with Crippen LogP contribution in [0.4, 0.5) is 0 Å². The first-order chi connectivity index (χ1) is 10.8. The Labute approximate surface area is 139 Å². The first-order valence-corrected chi connectivity index (χ1v) is 10.2. The standard InChI is InChI=1S/C20H41NO/c1-2-3-4-5-6-7-8-9-10-11-12-13-14-17-21-18-15-20(22)16-19-21/h20,22H,2-19H2,1H3. The summed E-state index contributed by atoms with van der Waals surface area (Å²) in [5, 5.41) is 9.48. The van der Waals surface area contributed by atoms with E-state index in [1.54, 1.807) is 0 Å². The second-order valence-corrected chi connectivity index (χ2v) is 7.32. The highest BCUT2D eigenvalue weighted by atomic mass is 16.3. The quantitative estimate of drug-likeness (QED) is 0.426. The number of likely N-dealkylation sites (tertiary alicyclic amines) is 1. The Hall–Kier alpha value is -0.0800. The number of rotatable bonds is 14. The molecule has 1 heterocycles. The summed E-state index contributed by atoms with van der Waals surface area (Å²) < 4.78 is 0. The van der Waals surface area contributed by atoms with Crippen LogP contribution in [0.15, 0.2) is 0 Å². The van der Waals surface area contributed by atoms with Crippen LogP contribution in [0.3, 0.4) is 0 Å². The van der Waals surface area contributed by atoms with Gasteiger partial charge in [-0.15, -0.1) is 0 Å². The van der Waals surface area contributed by atoms with Crippen molar-refractivity contribution in [3.8, 4) is 0 Å². The first-order valence-electron chi connectivity index (χ1n) is 10.2. The van der Waals surface area contributed by atoms with Crippen molar-refractivity contribution in [1.82, 2.24) is 4.90 Å². The zero-order valence-corrected chi connectivity index (χ0v) is 15.2. The molecule has 0 bridgehead atoms. The molecule has 1 saturated heterocycles. The van der Waals surface area contributed by atoms with Gasteiger partial charge in [0.15, 0.2) is 0 Å². The molecule has 1 aliphatic rings. The number of hydrogen-bond donors (Lipinski definition) is 1. The highest BCUT2D eigenvalue weighted by molar-refractivity contribution is 4.70. The van der Waals surface area contributed by atoms with Gasteiger partial charge < -0.3 is 10.0 Å². The minimum atomic E-state index is -0.0251. The summed E-state index contributed by atoms with van der Waals surface area (Å²) in [6.07, 6.45) is 20.6. The van der Waals surface area contributed by atoms with E-state index in [1.807, 2.05) is 0 Å². The monoisotopic (exact) mass is 311 g/mol. The molecule has 0 aromatic rings. The molecule has 0 saturated carbocycles. The van der Waals surface area contributed by atoms with E-state index in [0.717, 1.165) is 25.9 Å². The Morgan fingerprint density at radius 1 is 0.682 bits per heavy atom. The molecule has 0 aromatic carbocycles. The van der Waals surface area contributed by atoms with Gasteiger partial charge in [0.2, 0.25) is 0 Å².